The fourth-order valence-electron chi connectivity index (χ4n) is 3.24. The molecule has 27 heavy (non-hydrogen) atoms. The van der Waals surface area contributed by atoms with E-state index in [1.54, 1.807) is 0 Å². The molecule has 1 aliphatic heterocycles. The zero-order chi connectivity index (χ0) is 18.9. The fraction of sp³-hybridized carbons (Fsp3) is 0.318. The van der Waals surface area contributed by atoms with Gasteiger partial charge in [0.2, 0.25) is 0 Å². The number of azo groups is 1. The number of likely N-dealkylation sites (tertiary alicyclic amines) is 1. The Bertz CT molecular complexity index is 802. The summed E-state index contributed by atoms with van der Waals surface area (Å²) in [7, 11) is 0. The highest BCUT2D eigenvalue weighted by Crippen LogP contribution is 2.20. The summed E-state index contributed by atoms with van der Waals surface area (Å²) in [6.07, 6.45) is 6.89. The van der Waals surface area contributed by atoms with Crippen LogP contribution >= 0.6 is 0 Å². The van der Waals surface area contributed by atoms with E-state index < -0.39 is 5.97 Å². The van der Waals surface area contributed by atoms with Crippen molar-refractivity contribution in [2.75, 3.05) is 19.6 Å². The highest BCUT2D eigenvalue weighted by atomic mass is 16.4. The van der Waals surface area contributed by atoms with Gasteiger partial charge >= 0.3 is 5.97 Å². The normalized spacial score (nSPS) is 18.3. The first-order valence-electron chi connectivity index (χ1n) is 9.39. The van der Waals surface area contributed by atoms with Crippen molar-refractivity contribution in [1.82, 2.24) is 4.90 Å². The molecular formula is C22H25N3O2. The SMILES string of the molecule is O=C(O)C1CCCN(CCC=Cc2cccc(N=Nc3ccccc3)c2)C1. The van der Waals surface area contributed by atoms with E-state index in [1.807, 2.05) is 54.6 Å². The molecule has 1 fully saturated rings. The smallest absolute Gasteiger partial charge is 0.307 e. The predicted octanol–water partition coefficient (Wildman–Crippen LogP) is 5.30. The number of aliphatic carboxylic acids is 1. The molecule has 1 N–H and O–H groups in total. The Morgan fingerprint density at radius 1 is 1.11 bits per heavy atom. The lowest BCUT2D eigenvalue weighted by molar-refractivity contribution is -0.143. The maximum Gasteiger partial charge on any atom is 0.307 e. The van der Waals surface area contributed by atoms with Crippen LogP contribution in [0.2, 0.25) is 0 Å². The molecule has 140 valence electrons. The maximum absolute atomic E-state index is 11.1. The first kappa shape index (κ1) is 19.0. The van der Waals surface area contributed by atoms with Crippen molar-refractivity contribution in [3.8, 4) is 0 Å². The summed E-state index contributed by atoms with van der Waals surface area (Å²) >= 11 is 0. The second-order valence-corrected chi connectivity index (χ2v) is 6.80. The number of carbonyl (C=O) groups is 1. The van der Waals surface area contributed by atoms with Gasteiger partial charge in [0.25, 0.3) is 0 Å². The lowest BCUT2D eigenvalue weighted by Crippen LogP contribution is -2.38. The number of carboxylic acid groups (broad SMARTS) is 1. The molecule has 2 aromatic rings. The third-order valence-electron chi connectivity index (χ3n) is 4.68. The number of benzene rings is 2. The van der Waals surface area contributed by atoms with Crippen LogP contribution in [0.3, 0.4) is 0 Å². The van der Waals surface area contributed by atoms with Crippen LogP contribution in [0.15, 0.2) is 70.9 Å². The molecule has 0 aliphatic carbocycles. The number of nitrogens with zero attached hydrogens (tertiary/aromatic N) is 3. The van der Waals surface area contributed by atoms with Crippen LogP contribution in [0.25, 0.3) is 6.08 Å². The number of hydrogen-bond acceptors (Lipinski definition) is 4. The molecular weight excluding hydrogens is 338 g/mol. The van der Waals surface area contributed by atoms with Gasteiger partial charge in [0, 0.05) is 13.1 Å². The topological polar surface area (TPSA) is 65.3 Å². The van der Waals surface area contributed by atoms with Crippen LogP contribution < -0.4 is 0 Å². The van der Waals surface area contributed by atoms with Crippen LogP contribution in [0.4, 0.5) is 11.4 Å². The highest BCUT2D eigenvalue weighted by molar-refractivity contribution is 5.70. The summed E-state index contributed by atoms with van der Waals surface area (Å²) in [5.41, 5.74) is 2.74. The molecule has 0 spiro atoms. The van der Waals surface area contributed by atoms with Crippen molar-refractivity contribution in [1.29, 1.82) is 0 Å². The van der Waals surface area contributed by atoms with Crippen LogP contribution in [0.1, 0.15) is 24.8 Å². The lowest BCUT2D eigenvalue weighted by atomic mass is 9.98. The minimum Gasteiger partial charge on any atom is -0.481 e. The van der Waals surface area contributed by atoms with E-state index in [1.165, 1.54) is 0 Å². The molecule has 1 heterocycles. The molecule has 0 aromatic heterocycles. The van der Waals surface area contributed by atoms with Crippen LogP contribution in [0.5, 0.6) is 0 Å². The van der Waals surface area contributed by atoms with Crippen molar-refractivity contribution in [3.63, 3.8) is 0 Å². The molecule has 1 saturated heterocycles. The number of hydrogen-bond donors (Lipinski definition) is 1. The van der Waals surface area contributed by atoms with Crippen molar-refractivity contribution in [2.24, 2.45) is 16.1 Å². The van der Waals surface area contributed by atoms with Crippen molar-refractivity contribution in [2.45, 2.75) is 19.3 Å². The Kier molecular flexibility index (Phi) is 6.88. The van der Waals surface area contributed by atoms with E-state index in [-0.39, 0.29) is 5.92 Å². The second kappa shape index (κ2) is 9.78. The molecule has 5 heteroatoms. The first-order chi connectivity index (χ1) is 13.2. The molecule has 1 atom stereocenters. The van der Waals surface area contributed by atoms with Crippen LogP contribution in [-0.2, 0) is 4.79 Å². The van der Waals surface area contributed by atoms with Gasteiger partial charge in [-0.1, -0.05) is 42.5 Å². The molecule has 0 bridgehead atoms. The van der Waals surface area contributed by atoms with Gasteiger partial charge in [-0.15, -0.1) is 0 Å². The maximum atomic E-state index is 11.1. The van der Waals surface area contributed by atoms with Gasteiger partial charge < -0.3 is 10.0 Å². The summed E-state index contributed by atoms with van der Waals surface area (Å²) in [5, 5.41) is 17.7. The van der Waals surface area contributed by atoms with E-state index in [0.29, 0.717) is 6.54 Å². The quantitative estimate of drug-likeness (QED) is 0.679. The largest absolute Gasteiger partial charge is 0.481 e. The first-order valence-corrected chi connectivity index (χ1v) is 9.39. The van der Waals surface area contributed by atoms with Gasteiger partial charge in [-0.2, -0.15) is 10.2 Å². The summed E-state index contributed by atoms with van der Waals surface area (Å²) in [6.45, 7) is 2.55. The van der Waals surface area contributed by atoms with E-state index in [4.69, 9.17) is 5.11 Å². The zero-order valence-corrected chi connectivity index (χ0v) is 15.4. The number of carboxylic acids is 1. The monoisotopic (exact) mass is 363 g/mol. The third-order valence-corrected chi connectivity index (χ3v) is 4.68. The molecule has 0 amide bonds. The Labute approximate surface area is 160 Å². The average molecular weight is 363 g/mol. The van der Waals surface area contributed by atoms with Gasteiger partial charge in [-0.3, -0.25) is 4.79 Å². The number of piperidine rings is 1. The summed E-state index contributed by atoms with van der Waals surface area (Å²) < 4.78 is 0. The van der Waals surface area contributed by atoms with Crippen molar-refractivity contribution in [3.05, 3.63) is 66.2 Å². The Hall–Kier alpha value is -2.79. The lowest BCUT2D eigenvalue weighted by Gasteiger charge is -2.30. The zero-order valence-electron chi connectivity index (χ0n) is 15.4. The highest BCUT2D eigenvalue weighted by Gasteiger charge is 2.24. The molecule has 5 nitrogen and oxygen atoms in total. The molecule has 0 radical (unpaired) electrons. The van der Waals surface area contributed by atoms with Gasteiger partial charge in [-0.05, 0) is 55.6 Å². The van der Waals surface area contributed by atoms with Gasteiger partial charge in [0.15, 0.2) is 0 Å². The predicted molar refractivity (Wildman–Crippen MR) is 108 cm³/mol. The Morgan fingerprint density at radius 3 is 2.70 bits per heavy atom. The van der Waals surface area contributed by atoms with Gasteiger partial charge in [0.1, 0.15) is 0 Å². The molecule has 1 unspecified atom stereocenters. The Balaban J connectivity index is 1.50. The van der Waals surface area contributed by atoms with E-state index >= 15 is 0 Å². The third kappa shape index (κ3) is 6.15. The summed E-state index contributed by atoms with van der Waals surface area (Å²) in [5.74, 6) is -0.883. The van der Waals surface area contributed by atoms with E-state index in [0.717, 1.165) is 49.3 Å². The summed E-state index contributed by atoms with van der Waals surface area (Å²) in [6, 6.07) is 17.6. The summed E-state index contributed by atoms with van der Waals surface area (Å²) in [4.78, 5) is 13.4. The van der Waals surface area contributed by atoms with Gasteiger partial charge in [0.05, 0.1) is 17.3 Å². The van der Waals surface area contributed by atoms with Gasteiger partial charge in [-0.25, -0.2) is 0 Å². The number of rotatable bonds is 7. The minimum atomic E-state index is -0.670. The molecule has 2 aromatic carbocycles. The Morgan fingerprint density at radius 2 is 1.89 bits per heavy atom. The van der Waals surface area contributed by atoms with E-state index in [9.17, 15) is 4.79 Å². The second-order valence-electron chi connectivity index (χ2n) is 6.80. The van der Waals surface area contributed by atoms with E-state index in [2.05, 4.69) is 27.3 Å². The molecule has 1 aliphatic rings. The average Bonchev–Trinajstić information content (AvgIpc) is 2.71. The fourth-order valence-corrected chi connectivity index (χ4v) is 3.24. The molecule has 3 rings (SSSR count). The van der Waals surface area contributed by atoms with Crippen molar-refractivity contribution < 1.29 is 9.90 Å². The van der Waals surface area contributed by atoms with Crippen LogP contribution in [0, 0.1) is 5.92 Å². The minimum absolute atomic E-state index is 0.214. The molecule has 0 saturated carbocycles. The van der Waals surface area contributed by atoms with Crippen LogP contribution in [-0.4, -0.2) is 35.6 Å². The standard InChI is InChI=1S/C22H25N3O2/c26-22(27)19-10-7-15-25(17-19)14-5-4-8-18-9-6-13-21(16-18)24-23-20-11-2-1-3-12-20/h1-4,6,8-9,11-13,16,19H,5,7,10,14-15,17H2,(H,26,27). The van der Waals surface area contributed by atoms with Crippen molar-refractivity contribution >= 4 is 23.4 Å².